The van der Waals surface area contributed by atoms with Crippen LogP contribution in [-0.2, 0) is 13.0 Å². The molecule has 0 aliphatic heterocycles. The number of benzene rings is 3. The summed E-state index contributed by atoms with van der Waals surface area (Å²) in [4.78, 5) is 14.5. The highest BCUT2D eigenvalue weighted by Crippen LogP contribution is 2.30. The number of nitrogens with one attached hydrogen (secondary N) is 1. The van der Waals surface area contributed by atoms with E-state index in [0.29, 0.717) is 18.7 Å². The van der Waals surface area contributed by atoms with E-state index in [-0.39, 0.29) is 5.91 Å². The van der Waals surface area contributed by atoms with E-state index in [9.17, 15) is 4.79 Å². The zero-order valence-corrected chi connectivity index (χ0v) is 19.7. The summed E-state index contributed by atoms with van der Waals surface area (Å²) in [5.74, 6) is 0.714. The summed E-state index contributed by atoms with van der Waals surface area (Å²) in [5, 5.41) is 12.4. The van der Waals surface area contributed by atoms with Crippen LogP contribution in [0.2, 0.25) is 0 Å². The molecule has 0 fully saturated rings. The van der Waals surface area contributed by atoms with E-state index in [1.165, 1.54) is 5.56 Å². The number of amides is 1. The summed E-state index contributed by atoms with van der Waals surface area (Å²) in [6.07, 6.45) is 3.00. The van der Waals surface area contributed by atoms with Crippen molar-refractivity contribution in [1.82, 2.24) is 20.3 Å². The number of ether oxygens (including phenoxy) is 1. The average Bonchev–Trinajstić information content (AvgIpc) is 3.34. The molecular weight excluding hydrogens is 424 g/mol. The predicted molar refractivity (Wildman–Crippen MR) is 135 cm³/mol. The molecule has 0 unspecified atom stereocenters. The molecule has 6 nitrogen and oxygen atoms in total. The number of carbonyl (C=O) groups excluding carboxylic acids is 1. The summed E-state index contributed by atoms with van der Waals surface area (Å²) in [6.45, 7) is 3.31. The van der Waals surface area contributed by atoms with Crippen molar-refractivity contribution in [2.45, 2.75) is 32.7 Å². The van der Waals surface area contributed by atoms with Crippen LogP contribution in [0, 0.1) is 0 Å². The number of unbranched alkanes of at least 4 members (excludes halogenated alkanes) is 1. The Morgan fingerprint density at radius 3 is 2.32 bits per heavy atom. The Balaban J connectivity index is 1.44. The largest absolute Gasteiger partial charge is 0.497 e. The van der Waals surface area contributed by atoms with E-state index in [2.05, 4.69) is 39.8 Å². The lowest BCUT2D eigenvalue weighted by Gasteiger charge is -2.07. The maximum absolute atomic E-state index is 12.8. The van der Waals surface area contributed by atoms with E-state index >= 15 is 0 Å². The van der Waals surface area contributed by atoms with Gasteiger partial charge in [-0.2, -0.15) is 15.0 Å². The lowest BCUT2D eigenvalue weighted by atomic mass is 10.0. The molecule has 174 valence electrons. The number of rotatable bonds is 10. The van der Waals surface area contributed by atoms with Gasteiger partial charge in [0.05, 0.1) is 13.7 Å². The monoisotopic (exact) mass is 454 g/mol. The maximum atomic E-state index is 12.8. The molecule has 0 saturated carbocycles. The molecule has 6 heteroatoms. The molecule has 0 aliphatic carbocycles. The fraction of sp³-hybridized carbons (Fsp3) is 0.250. The van der Waals surface area contributed by atoms with Crippen LogP contribution in [-0.4, -0.2) is 34.6 Å². The van der Waals surface area contributed by atoms with Crippen molar-refractivity contribution in [3.8, 4) is 28.3 Å². The molecule has 1 N–H and O–H groups in total. The van der Waals surface area contributed by atoms with Gasteiger partial charge < -0.3 is 10.1 Å². The van der Waals surface area contributed by atoms with Gasteiger partial charge in [-0.05, 0) is 68.1 Å². The third-order valence-electron chi connectivity index (χ3n) is 5.72. The van der Waals surface area contributed by atoms with Gasteiger partial charge in [-0.1, -0.05) is 42.5 Å². The molecule has 4 aromatic rings. The molecule has 0 radical (unpaired) electrons. The molecule has 4 rings (SSSR count). The van der Waals surface area contributed by atoms with Gasteiger partial charge in [0.15, 0.2) is 0 Å². The molecule has 0 bridgehead atoms. The Morgan fingerprint density at radius 1 is 0.882 bits per heavy atom. The first-order valence-electron chi connectivity index (χ1n) is 11.7. The zero-order chi connectivity index (χ0) is 23.8. The van der Waals surface area contributed by atoms with Gasteiger partial charge in [0.1, 0.15) is 17.1 Å². The second kappa shape index (κ2) is 11.3. The average molecular weight is 455 g/mol. The minimum Gasteiger partial charge on any atom is -0.497 e. The minimum absolute atomic E-state index is 0.0737. The fourth-order valence-electron chi connectivity index (χ4n) is 3.84. The molecule has 1 aromatic heterocycles. The molecule has 1 amide bonds. The van der Waals surface area contributed by atoms with Crippen LogP contribution in [0.25, 0.3) is 22.5 Å². The zero-order valence-electron chi connectivity index (χ0n) is 19.7. The second-order valence-electron chi connectivity index (χ2n) is 8.09. The minimum atomic E-state index is -0.0737. The standard InChI is InChI=1S/C28H30N4O2/c1-3-32-30-26(22-15-17-25(34-2)18-16-22)27(31-32)23-13-9-14-24(20-23)28(33)29-19-8-7-12-21-10-5-4-6-11-21/h4-6,9-11,13-18,20H,3,7-8,12,19H2,1-2H3,(H,29,33). The van der Waals surface area contributed by atoms with Crippen LogP contribution in [0.3, 0.4) is 0 Å². The molecule has 0 saturated heterocycles. The van der Waals surface area contributed by atoms with Gasteiger partial charge in [0.2, 0.25) is 0 Å². The highest BCUT2D eigenvalue weighted by atomic mass is 16.5. The van der Waals surface area contributed by atoms with Crippen molar-refractivity contribution in [3.05, 3.63) is 90.0 Å². The summed E-state index contributed by atoms with van der Waals surface area (Å²) in [6, 6.07) is 25.8. The van der Waals surface area contributed by atoms with Crippen molar-refractivity contribution in [2.24, 2.45) is 0 Å². The molecular formula is C28H30N4O2. The van der Waals surface area contributed by atoms with E-state index in [1.807, 2.05) is 61.5 Å². The van der Waals surface area contributed by atoms with Gasteiger partial charge >= 0.3 is 0 Å². The van der Waals surface area contributed by atoms with Crippen LogP contribution in [0.5, 0.6) is 5.75 Å². The Bertz CT molecular complexity index is 1220. The maximum Gasteiger partial charge on any atom is 0.251 e. The quantitative estimate of drug-likeness (QED) is 0.326. The Kier molecular flexibility index (Phi) is 7.71. The molecule has 0 atom stereocenters. The molecule has 1 heterocycles. The van der Waals surface area contributed by atoms with E-state index < -0.39 is 0 Å². The topological polar surface area (TPSA) is 69.0 Å². The first-order chi connectivity index (χ1) is 16.7. The van der Waals surface area contributed by atoms with Crippen molar-refractivity contribution in [2.75, 3.05) is 13.7 Å². The van der Waals surface area contributed by atoms with Crippen LogP contribution < -0.4 is 10.1 Å². The Labute approximate surface area is 200 Å². The first kappa shape index (κ1) is 23.2. The third kappa shape index (κ3) is 5.70. The SMILES string of the molecule is CCn1nc(-c2ccc(OC)cc2)c(-c2cccc(C(=O)NCCCCc3ccccc3)c2)n1. The van der Waals surface area contributed by atoms with Gasteiger partial charge in [0.25, 0.3) is 5.91 Å². The third-order valence-corrected chi connectivity index (χ3v) is 5.72. The Hall–Kier alpha value is -3.93. The lowest BCUT2D eigenvalue weighted by molar-refractivity contribution is 0.0953. The number of nitrogens with zero attached hydrogens (tertiary/aromatic N) is 3. The number of methoxy groups -OCH3 is 1. The molecule has 0 aliphatic rings. The molecule has 34 heavy (non-hydrogen) atoms. The first-order valence-corrected chi connectivity index (χ1v) is 11.7. The summed E-state index contributed by atoms with van der Waals surface area (Å²) in [5.41, 5.74) is 5.29. The van der Waals surface area contributed by atoms with Gasteiger partial charge in [-0.25, -0.2) is 0 Å². The lowest BCUT2D eigenvalue weighted by Crippen LogP contribution is -2.24. The van der Waals surface area contributed by atoms with Gasteiger partial charge in [-0.3, -0.25) is 4.79 Å². The second-order valence-corrected chi connectivity index (χ2v) is 8.09. The highest BCUT2D eigenvalue weighted by molar-refractivity contribution is 5.95. The molecule has 3 aromatic carbocycles. The fourth-order valence-corrected chi connectivity index (χ4v) is 3.84. The number of aryl methyl sites for hydroxylation is 2. The van der Waals surface area contributed by atoms with Gasteiger partial charge in [0, 0.05) is 23.2 Å². The molecule has 0 spiro atoms. The van der Waals surface area contributed by atoms with Crippen LogP contribution >= 0.6 is 0 Å². The van der Waals surface area contributed by atoms with E-state index in [0.717, 1.165) is 47.5 Å². The van der Waals surface area contributed by atoms with E-state index in [1.54, 1.807) is 11.9 Å². The summed E-state index contributed by atoms with van der Waals surface area (Å²) in [7, 11) is 1.65. The smallest absolute Gasteiger partial charge is 0.251 e. The van der Waals surface area contributed by atoms with E-state index in [4.69, 9.17) is 4.74 Å². The normalized spacial score (nSPS) is 10.8. The number of hydrogen-bond acceptors (Lipinski definition) is 4. The number of hydrogen-bond donors (Lipinski definition) is 1. The van der Waals surface area contributed by atoms with Crippen LogP contribution in [0.15, 0.2) is 78.9 Å². The van der Waals surface area contributed by atoms with Crippen molar-refractivity contribution < 1.29 is 9.53 Å². The van der Waals surface area contributed by atoms with Crippen molar-refractivity contribution in [1.29, 1.82) is 0 Å². The Morgan fingerprint density at radius 2 is 1.62 bits per heavy atom. The predicted octanol–water partition coefficient (Wildman–Crippen LogP) is 5.39. The highest BCUT2D eigenvalue weighted by Gasteiger charge is 2.16. The van der Waals surface area contributed by atoms with Gasteiger partial charge in [-0.15, -0.1) is 0 Å². The number of aromatic nitrogens is 3. The summed E-state index contributed by atoms with van der Waals surface area (Å²) < 4.78 is 5.27. The summed E-state index contributed by atoms with van der Waals surface area (Å²) >= 11 is 0. The number of carbonyl (C=O) groups is 1. The van der Waals surface area contributed by atoms with Crippen LogP contribution in [0.1, 0.15) is 35.7 Å². The van der Waals surface area contributed by atoms with Crippen molar-refractivity contribution in [3.63, 3.8) is 0 Å². The van der Waals surface area contributed by atoms with Crippen LogP contribution in [0.4, 0.5) is 0 Å². The van der Waals surface area contributed by atoms with Crippen molar-refractivity contribution >= 4 is 5.91 Å².